The third kappa shape index (κ3) is 3.42. The summed E-state index contributed by atoms with van der Waals surface area (Å²) < 4.78 is 18.1. The minimum absolute atomic E-state index is 0.174. The van der Waals surface area contributed by atoms with Gasteiger partial charge < -0.3 is 14.5 Å². The summed E-state index contributed by atoms with van der Waals surface area (Å²) >= 11 is 0. The normalized spacial score (nSPS) is 16.5. The molecule has 0 saturated heterocycles. The van der Waals surface area contributed by atoms with Crippen molar-refractivity contribution < 1.29 is 18.8 Å². The van der Waals surface area contributed by atoms with Crippen molar-refractivity contribution in [2.45, 2.75) is 31.3 Å². The van der Waals surface area contributed by atoms with Crippen LogP contribution < -0.4 is 0 Å². The Morgan fingerprint density at radius 1 is 1.35 bits per heavy atom. The molecule has 0 aliphatic heterocycles. The van der Waals surface area contributed by atoms with E-state index < -0.39 is 5.60 Å². The van der Waals surface area contributed by atoms with Crippen LogP contribution in [0.2, 0.25) is 0 Å². The number of aliphatic hydroxyl groups is 1. The molecular weight excluding hydrogens is 299 g/mol. The fourth-order valence-electron chi connectivity index (χ4n) is 3.03. The molecule has 1 saturated carbocycles. The lowest BCUT2D eigenvalue weighted by Crippen LogP contribution is -2.42. The van der Waals surface area contributed by atoms with Gasteiger partial charge in [0.25, 0.3) is 5.91 Å². The average molecular weight is 318 g/mol. The molecule has 1 aromatic heterocycles. The average Bonchev–Trinajstić information content (AvgIpc) is 3.16. The van der Waals surface area contributed by atoms with Gasteiger partial charge in [0, 0.05) is 25.2 Å². The number of rotatable bonds is 4. The highest BCUT2D eigenvalue weighted by molar-refractivity contribution is 5.93. The molecule has 0 radical (unpaired) electrons. The number of hydrogen-bond acceptors (Lipinski definition) is 4. The Bertz CT molecular complexity index is 690. The number of carbonyl (C=O) groups excluding carboxylic acids is 1. The van der Waals surface area contributed by atoms with Gasteiger partial charge in [0.2, 0.25) is 0 Å². The monoisotopic (exact) mass is 318 g/mol. The third-order valence-electron chi connectivity index (χ3n) is 4.27. The van der Waals surface area contributed by atoms with Crippen LogP contribution in [-0.4, -0.2) is 40.3 Å². The van der Waals surface area contributed by atoms with Crippen LogP contribution in [0.3, 0.4) is 0 Å². The van der Waals surface area contributed by atoms with E-state index in [0.717, 1.165) is 12.8 Å². The van der Waals surface area contributed by atoms with Gasteiger partial charge in [0.1, 0.15) is 5.82 Å². The van der Waals surface area contributed by atoms with Crippen LogP contribution in [0.15, 0.2) is 34.9 Å². The van der Waals surface area contributed by atoms with E-state index >= 15 is 0 Å². The lowest BCUT2D eigenvalue weighted by atomic mass is 10.0. The number of carbonyl (C=O) groups is 1. The first kappa shape index (κ1) is 15.7. The maximum atomic E-state index is 12.9. The zero-order chi connectivity index (χ0) is 16.4. The number of amides is 1. The molecule has 23 heavy (non-hydrogen) atoms. The van der Waals surface area contributed by atoms with E-state index in [4.69, 9.17) is 4.52 Å². The van der Waals surface area contributed by atoms with E-state index in [9.17, 15) is 14.3 Å². The van der Waals surface area contributed by atoms with Gasteiger partial charge in [0.15, 0.2) is 11.5 Å². The fourth-order valence-corrected chi connectivity index (χ4v) is 3.03. The standard InChI is InChI=1S/C17H19FN2O3/c1-20(11-17(22)8-2-3-9-17)16(21)14-10-15(23-19-14)12-4-6-13(18)7-5-12/h4-7,10,22H,2-3,8-9,11H2,1H3. The van der Waals surface area contributed by atoms with Crippen LogP contribution in [0.4, 0.5) is 4.39 Å². The molecule has 1 fully saturated rings. The Morgan fingerprint density at radius 3 is 2.65 bits per heavy atom. The smallest absolute Gasteiger partial charge is 0.275 e. The molecule has 6 heteroatoms. The maximum absolute atomic E-state index is 12.9. The van der Waals surface area contributed by atoms with Crippen LogP contribution in [0.1, 0.15) is 36.2 Å². The SMILES string of the molecule is CN(CC1(O)CCCC1)C(=O)c1cc(-c2ccc(F)cc2)on1. The van der Waals surface area contributed by atoms with Crippen LogP contribution in [-0.2, 0) is 0 Å². The zero-order valence-corrected chi connectivity index (χ0v) is 13.0. The first-order chi connectivity index (χ1) is 11.0. The number of benzene rings is 1. The van der Waals surface area contributed by atoms with E-state index in [1.807, 2.05) is 0 Å². The molecule has 0 bridgehead atoms. The van der Waals surface area contributed by atoms with Crippen molar-refractivity contribution in [3.63, 3.8) is 0 Å². The Kier molecular flexibility index (Phi) is 4.17. The van der Waals surface area contributed by atoms with E-state index in [-0.39, 0.29) is 24.0 Å². The van der Waals surface area contributed by atoms with Crippen molar-refractivity contribution >= 4 is 5.91 Å². The van der Waals surface area contributed by atoms with Crippen LogP contribution >= 0.6 is 0 Å². The van der Waals surface area contributed by atoms with E-state index in [1.54, 1.807) is 19.2 Å². The number of aromatic nitrogens is 1. The molecule has 5 nitrogen and oxygen atoms in total. The van der Waals surface area contributed by atoms with Crippen molar-refractivity contribution in [1.82, 2.24) is 10.1 Å². The minimum atomic E-state index is -0.798. The van der Waals surface area contributed by atoms with Crippen molar-refractivity contribution in [3.05, 3.63) is 41.8 Å². The molecule has 122 valence electrons. The predicted octanol–water partition coefficient (Wildman–Crippen LogP) is 2.86. The van der Waals surface area contributed by atoms with Crippen LogP contribution in [0.5, 0.6) is 0 Å². The van der Waals surface area contributed by atoms with E-state index in [1.165, 1.54) is 23.1 Å². The van der Waals surface area contributed by atoms with Gasteiger partial charge in [0.05, 0.1) is 5.60 Å². The number of hydrogen-bond donors (Lipinski definition) is 1. The maximum Gasteiger partial charge on any atom is 0.275 e. The molecule has 1 N–H and O–H groups in total. The fraction of sp³-hybridized carbons (Fsp3) is 0.412. The summed E-state index contributed by atoms with van der Waals surface area (Å²) in [5, 5.41) is 14.2. The molecule has 2 aromatic rings. The summed E-state index contributed by atoms with van der Waals surface area (Å²) in [6.07, 6.45) is 3.39. The molecule has 1 aliphatic rings. The Labute approximate surface area is 133 Å². The summed E-state index contributed by atoms with van der Waals surface area (Å²) in [5.41, 5.74) is 0.0249. The molecule has 0 unspecified atom stereocenters. The van der Waals surface area contributed by atoms with Gasteiger partial charge in [-0.2, -0.15) is 0 Å². The molecule has 1 aromatic carbocycles. The Balaban J connectivity index is 1.71. The third-order valence-corrected chi connectivity index (χ3v) is 4.27. The van der Waals surface area contributed by atoms with Crippen molar-refractivity contribution in [3.8, 4) is 11.3 Å². The Morgan fingerprint density at radius 2 is 2.00 bits per heavy atom. The first-order valence-corrected chi connectivity index (χ1v) is 7.67. The highest BCUT2D eigenvalue weighted by Crippen LogP contribution is 2.30. The minimum Gasteiger partial charge on any atom is -0.388 e. The molecule has 1 amide bonds. The molecule has 0 atom stereocenters. The number of nitrogens with zero attached hydrogens (tertiary/aromatic N) is 2. The lowest BCUT2D eigenvalue weighted by molar-refractivity contribution is 0.0153. The van der Waals surface area contributed by atoms with E-state index in [2.05, 4.69) is 5.16 Å². The molecule has 1 heterocycles. The summed E-state index contributed by atoms with van der Waals surface area (Å²) in [6, 6.07) is 7.30. The molecular formula is C17H19FN2O3. The molecule has 1 aliphatic carbocycles. The second-order valence-corrected chi connectivity index (χ2v) is 6.18. The lowest BCUT2D eigenvalue weighted by Gasteiger charge is -2.28. The van der Waals surface area contributed by atoms with Crippen LogP contribution in [0.25, 0.3) is 11.3 Å². The first-order valence-electron chi connectivity index (χ1n) is 7.67. The van der Waals surface area contributed by atoms with Gasteiger partial charge >= 0.3 is 0 Å². The zero-order valence-electron chi connectivity index (χ0n) is 13.0. The van der Waals surface area contributed by atoms with Gasteiger partial charge in [-0.3, -0.25) is 4.79 Å². The van der Waals surface area contributed by atoms with Crippen molar-refractivity contribution in [2.75, 3.05) is 13.6 Å². The van der Waals surface area contributed by atoms with Gasteiger partial charge in [-0.05, 0) is 37.1 Å². The second kappa shape index (κ2) is 6.12. The molecule has 3 rings (SSSR count). The van der Waals surface area contributed by atoms with Crippen molar-refractivity contribution in [1.29, 1.82) is 0 Å². The second-order valence-electron chi connectivity index (χ2n) is 6.18. The molecule has 0 spiro atoms. The summed E-state index contributed by atoms with van der Waals surface area (Å²) in [4.78, 5) is 13.9. The number of likely N-dealkylation sites (N-methyl/N-ethyl adjacent to an activating group) is 1. The summed E-state index contributed by atoms with van der Waals surface area (Å²) in [7, 11) is 1.64. The summed E-state index contributed by atoms with van der Waals surface area (Å²) in [5.74, 6) is -0.238. The van der Waals surface area contributed by atoms with Gasteiger partial charge in [-0.15, -0.1) is 0 Å². The highest BCUT2D eigenvalue weighted by Gasteiger charge is 2.34. The quantitative estimate of drug-likeness (QED) is 0.941. The van der Waals surface area contributed by atoms with Crippen LogP contribution in [0, 0.1) is 5.82 Å². The van der Waals surface area contributed by atoms with Gasteiger partial charge in [-0.25, -0.2) is 4.39 Å². The van der Waals surface area contributed by atoms with E-state index in [0.29, 0.717) is 24.2 Å². The highest BCUT2D eigenvalue weighted by atomic mass is 19.1. The van der Waals surface area contributed by atoms with Crippen molar-refractivity contribution in [2.24, 2.45) is 0 Å². The summed E-state index contributed by atoms with van der Waals surface area (Å²) in [6.45, 7) is 0.282. The largest absolute Gasteiger partial charge is 0.388 e. The predicted molar refractivity (Wildman–Crippen MR) is 82.3 cm³/mol. The number of halogens is 1. The van der Waals surface area contributed by atoms with Gasteiger partial charge in [-0.1, -0.05) is 18.0 Å². The topological polar surface area (TPSA) is 66.6 Å². The Hall–Kier alpha value is -2.21.